The van der Waals surface area contributed by atoms with E-state index in [2.05, 4.69) is 30.1 Å². The first-order valence-corrected chi connectivity index (χ1v) is 12.8. The number of thioether (sulfide) groups is 1. The maximum Gasteiger partial charge on any atom is 0.220 e. The van der Waals surface area contributed by atoms with Gasteiger partial charge < -0.3 is 9.47 Å². The van der Waals surface area contributed by atoms with Crippen molar-refractivity contribution in [2.24, 2.45) is 0 Å². The molecule has 0 radical (unpaired) electrons. The smallest absolute Gasteiger partial charge is 0.220 e. The molecule has 0 amide bonds. The molecule has 1 aromatic heterocycles. The van der Waals surface area contributed by atoms with Gasteiger partial charge in [0.15, 0.2) is 16.7 Å². The Morgan fingerprint density at radius 1 is 0.946 bits per heavy atom. The monoisotopic (exact) mass is 518 g/mol. The summed E-state index contributed by atoms with van der Waals surface area (Å²) in [6.07, 6.45) is 0. The van der Waals surface area contributed by atoms with E-state index in [1.54, 1.807) is 19.2 Å². The van der Waals surface area contributed by atoms with Crippen LogP contribution in [0, 0.1) is 37.8 Å². The third kappa shape index (κ3) is 6.29. The van der Waals surface area contributed by atoms with Gasteiger partial charge in [-0.1, -0.05) is 53.7 Å². The van der Waals surface area contributed by atoms with Gasteiger partial charge in [0.05, 0.1) is 7.11 Å². The molecule has 0 aliphatic carbocycles. The van der Waals surface area contributed by atoms with Gasteiger partial charge in [-0.15, -0.1) is 10.2 Å². The maximum absolute atomic E-state index is 11.6. The van der Waals surface area contributed by atoms with Gasteiger partial charge in [0, 0.05) is 10.6 Å². The van der Waals surface area contributed by atoms with Crippen molar-refractivity contribution in [3.8, 4) is 17.2 Å². The third-order valence-electron chi connectivity index (χ3n) is 6.18. The number of nitrogens with zero attached hydrogens (tertiary/aromatic N) is 4. The van der Waals surface area contributed by atoms with Crippen LogP contribution in [0.2, 0.25) is 0 Å². The van der Waals surface area contributed by atoms with Crippen molar-refractivity contribution >= 4 is 11.8 Å². The number of aromatic nitrogens is 3. The van der Waals surface area contributed by atoms with Crippen molar-refractivity contribution in [3.05, 3.63) is 104 Å². The summed E-state index contributed by atoms with van der Waals surface area (Å²) in [5.74, 6) is 1.80. The summed E-state index contributed by atoms with van der Waals surface area (Å²) >= 11 is 1.31. The van der Waals surface area contributed by atoms with E-state index in [0.717, 1.165) is 22.4 Å². The maximum atomic E-state index is 11.6. The lowest BCUT2D eigenvalue weighted by molar-refractivity contribution is -0.479. The van der Waals surface area contributed by atoms with E-state index in [-0.39, 0.29) is 11.5 Å². The van der Waals surface area contributed by atoms with Gasteiger partial charge >= 0.3 is 0 Å². The minimum atomic E-state index is -0.510. The molecule has 4 aromatic rings. The molecule has 37 heavy (non-hydrogen) atoms. The molecule has 0 N–H and O–H groups in total. The predicted molar refractivity (Wildman–Crippen MR) is 145 cm³/mol. The normalized spacial score (nSPS) is 11.8. The summed E-state index contributed by atoms with van der Waals surface area (Å²) in [7, 11) is 1.56. The topological polar surface area (TPSA) is 92.3 Å². The average Bonchev–Trinajstić information content (AvgIpc) is 3.24. The zero-order chi connectivity index (χ0) is 26.5. The van der Waals surface area contributed by atoms with Crippen molar-refractivity contribution in [1.82, 2.24) is 14.8 Å². The van der Waals surface area contributed by atoms with Gasteiger partial charge in [0.1, 0.15) is 17.7 Å². The number of benzene rings is 3. The highest BCUT2D eigenvalue weighted by Gasteiger charge is 2.25. The van der Waals surface area contributed by atoms with Crippen molar-refractivity contribution in [2.75, 3.05) is 13.7 Å². The van der Waals surface area contributed by atoms with Crippen LogP contribution < -0.4 is 9.47 Å². The molecule has 0 unspecified atom stereocenters. The standard InChI is InChI=1S/C28H30N4O4S/c1-18-6-9-22(10-7-18)17-36-25-13-11-23(15-26(25)35-5)27(16-31(33)34)37-28-30-29-21(4)32(28)24-12-8-19(2)20(3)14-24/h6-15,27H,16-17H2,1-5H3/t27-/m1/s1. The first-order chi connectivity index (χ1) is 17.7. The Morgan fingerprint density at radius 2 is 1.70 bits per heavy atom. The van der Waals surface area contributed by atoms with E-state index in [0.29, 0.717) is 29.1 Å². The molecule has 0 saturated carbocycles. The molecule has 0 bridgehead atoms. The number of rotatable bonds is 10. The van der Waals surface area contributed by atoms with Gasteiger partial charge in [-0.05, 0) is 74.2 Å². The van der Waals surface area contributed by atoms with Crippen LogP contribution >= 0.6 is 11.8 Å². The predicted octanol–water partition coefficient (Wildman–Crippen LogP) is 6.20. The van der Waals surface area contributed by atoms with Crippen molar-refractivity contribution < 1.29 is 14.4 Å². The fourth-order valence-corrected chi connectivity index (χ4v) is 5.07. The highest BCUT2D eigenvalue weighted by Crippen LogP contribution is 2.39. The summed E-state index contributed by atoms with van der Waals surface area (Å²) in [4.78, 5) is 11.3. The number of nitro groups is 1. The second-order valence-corrected chi connectivity index (χ2v) is 10.1. The lowest BCUT2D eigenvalue weighted by Crippen LogP contribution is -2.11. The SMILES string of the molecule is COc1cc([C@@H](C[N+](=O)[O-])Sc2nnc(C)n2-c2ccc(C)c(C)c2)ccc1OCc1ccc(C)cc1. The van der Waals surface area contributed by atoms with Gasteiger partial charge in [-0.3, -0.25) is 14.7 Å². The Balaban J connectivity index is 1.61. The molecule has 192 valence electrons. The van der Waals surface area contributed by atoms with Gasteiger partial charge in [0.25, 0.3) is 0 Å². The van der Waals surface area contributed by atoms with Gasteiger partial charge in [-0.25, -0.2) is 0 Å². The molecule has 0 spiro atoms. The summed E-state index contributed by atoms with van der Waals surface area (Å²) in [5.41, 5.74) is 6.23. The highest BCUT2D eigenvalue weighted by atomic mass is 32.2. The molecule has 9 heteroatoms. The van der Waals surface area contributed by atoms with E-state index in [1.807, 2.05) is 60.9 Å². The minimum Gasteiger partial charge on any atom is -0.493 e. The molecular weight excluding hydrogens is 488 g/mol. The number of ether oxygens (including phenoxy) is 2. The number of hydrogen-bond donors (Lipinski definition) is 0. The van der Waals surface area contributed by atoms with Crippen LogP contribution in [0.5, 0.6) is 11.5 Å². The fourth-order valence-electron chi connectivity index (χ4n) is 3.90. The van der Waals surface area contributed by atoms with Crippen LogP contribution in [0.1, 0.15) is 38.9 Å². The van der Waals surface area contributed by atoms with Gasteiger partial charge in [-0.2, -0.15) is 0 Å². The zero-order valence-electron chi connectivity index (χ0n) is 21.6. The van der Waals surface area contributed by atoms with Gasteiger partial charge in [0.2, 0.25) is 6.54 Å². The summed E-state index contributed by atoms with van der Waals surface area (Å²) in [6.45, 7) is 8.13. The number of aryl methyl sites for hydroxylation is 4. The van der Waals surface area contributed by atoms with E-state index in [1.165, 1.54) is 22.9 Å². The highest BCUT2D eigenvalue weighted by molar-refractivity contribution is 7.99. The van der Waals surface area contributed by atoms with Crippen molar-refractivity contribution in [2.45, 2.75) is 44.7 Å². The molecule has 0 fully saturated rings. The molecule has 0 aliphatic heterocycles. The summed E-state index contributed by atoms with van der Waals surface area (Å²) in [5, 5.41) is 20.3. The number of methoxy groups -OCH3 is 1. The van der Waals surface area contributed by atoms with E-state index >= 15 is 0 Å². The molecule has 4 rings (SSSR count). The molecule has 0 saturated heterocycles. The lowest BCUT2D eigenvalue weighted by Gasteiger charge is -2.17. The Bertz CT molecular complexity index is 1400. The largest absolute Gasteiger partial charge is 0.493 e. The second-order valence-electron chi connectivity index (χ2n) is 8.94. The van der Waals surface area contributed by atoms with Crippen LogP contribution in [0.4, 0.5) is 0 Å². The fraction of sp³-hybridized carbons (Fsp3) is 0.286. The molecule has 0 aliphatic rings. The molecule has 8 nitrogen and oxygen atoms in total. The Kier molecular flexibility index (Phi) is 8.13. The van der Waals surface area contributed by atoms with Crippen LogP contribution in [0.15, 0.2) is 65.8 Å². The van der Waals surface area contributed by atoms with E-state index in [4.69, 9.17) is 9.47 Å². The molecule has 1 atom stereocenters. The first kappa shape index (κ1) is 26.2. The molecular formula is C28H30N4O4S. The zero-order valence-corrected chi connectivity index (χ0v) is 22.4. The molecule has 1 heterocycles. The Labute approximate surface area is 220 Å². The third-order valence-corrected chi connectivity index (χ3v) is 7.36. The quantitative estimate of drug-likeness (QED) is 0.140. The lowest BCUT2D eigenvalue weighted by atomic mass is 10.1. The van der Waals surface area contributed by atoms with E-state index < -0.39 is 5.25 Å². The minimum absolute atomic E-state index is 0.282. The first-order valence-electron chi connectivity index (χ1n) is 11.9. The summed E-state index contributed by atoms with van der Waals surface area (Å²) < 4.78 is 13.5. The summed E-state index contributed by atoms with van der Waals surface area (Å²) in [6, 6.07) is 19.7. The van der Waals surface area contributed by atoms with Crippen molar-refractivity contribution in [3.63, 3.8) is 0 Å². The second kappa shape index (κ2) is 11.5. The van der Waals surface area contributed by atoms with Crippen LogP contribution in [-0.4, -0.2) is 33.3 Å². The van der Waals surface area contributed by atoms with Crippen LogP contribution in [0.3, 0.4) is 0 Å². The Morgan fingerprint density at radius 3 is 2.38 bits per heavy atom. The number of hydrogen-bond acceptors (Lipinski definition) is 7. The van der Waals surface area contributed by atoms with Crippen LogP contribution in [-0.2, 0) is 6.61 Å². The Hall–Kier alpha value is -3.85. The van der Waals surface area contributed by atoms with Crippen LogP contribution in [0.25, 0.3) is 5.69 Å². The van der Waals surface area contributed by atoms with E-state index in [9.17, 15) is 10.1 Å². The molecule has 3 aromatic carbocycles. The average molecular weight is 519 g/mol. The van der Waals surface area contributed by atoms with Crippen molar-refractivity contribution in [1.29, 1.82) is 0 Å².